The number of aromatic nitrogens is 2. The van der Waals surface area contributed by atoms with Crippen LogP contribution >= 0.6 is 0 Å². The summed E-state index contributed by atoms with van der Waals surface area (Å²) in [5, 5.41) is 12.3. The largest absolute Gasteiger partial charge is 1.00 e. The Morgan fingerprint density at radius 1 is 0.897 bits per heavy atom. The van der Waals surface area contributed by atoms with Crippen LogP contribution in [0, 0.1) is 0 Å². The van der Waals surface area contributed by atoms with Crippen LogP contribution in [-0.2, 0) is 6.54 Å². The third-order valence-corrected chi connectivity index (χ3v) is 4.74. The van der Waals surface area contributed by atoms with Crippen LogP contribution < -0.4 is 26.9 Å². The highest BCUT2D eigenvalue weighted by Gasteiger charge is 2.20. The summed E-state index contributed by atoms with van der Waals surface area (Å²) in [7, 11) is 0. The average Bonchev–Trinajstić information content (AvgIpc) is 3.10. The van der Waals surface area contributed by atoms with Gasteiger partial charge in [-0.2, -0.15) is 0 Å². The number of aliphatic hydroxyl groups is 1. The summed E-state index contributed by atoms with van der Waals surface area (Å²) in [4.78, 5) is 16.2. The molecule has 0 bridgehead atoms. The Bertz CT molecular complexity index is 1090. The van der Waals surface area contributed by atoms with E-state index in [1.807, 2.05) is 71.3 Å². The molecule has 4 rings (SSSR count). The molecule has 0 aliphatic carbocycles. The zero-order chi connectivity index (χ0) is 19.3. The van der Waals surface area contributed by atoms with Crippen molar-refractivity contribution in [3.8, 4) is 11.1 Å². The van der Waals surface area contributed by atoms with Gasteiger partial charge in [0.05, 0.1) is 13.2 Å². The summed E-state index contributed by atoms with van der Waals surface area (Å²) in [5.41, 5.74) is 4.77. The van der Waals surface area contributed by atoms with E-state index in [4.69, 9.17) is 5.11 Å². The van der Waals surface area contributed by atoms with E-state index in [2.05, 4.69) is 22.4 Å². The summed E-state index contributed by atoms with van der Waals surface area (Å²) in [5.74, 6) is 0.742. The lowest BCUT2D eigenvalue weighted by atomic mass is 10.0. The molecule has 0 saturated heterocycles. The van der Waals surface area contributed by atoms with Crippen molar-refractivity contribution in [2.24, 2.45) is 0 Å². The number of nitrogens with zero attached hydrogens (tertiary/aromatic N) is 1. The van der Waals surface area contributed by atoms with Crippen molar-refractivity contribution in [1.82, 2.24) is 4.98 Å². The molecule has 0 radical (unpaired) electrons. The van der Waals surface area contributed by atoms with Crippen molar-refractivity contribution in [1.29, 1.82) is 0 Å². The summed E-state index contributed by atoms with van der Waals surface area (Å²) in [6.07, 6.45) is 0. The van der Waals surface area contributed by atoms with Gasteiger partial charge in [0.15, 0.2) is 5.78 Å². The number of anilines is 1. The van der Waals surface area contributed by atoms with Crippen LogP contribution in [-0.4, -0.2) is 29.0 Å². The van der Waals surface area contributed by atoms with Gasteiger partial charge in [0.25, 0.3) is 0 Å². The molecule has 0 aliphatic heterocycles. The Morgan fingerprint density at radius 3 is 2.28 bits per heavy atom. The van der Waals surface area contributed by atoms with E-state index < -0.39 is 0 Å². The van der Waals surface area contributed by atoms with Crippen LogP contribution in [0.1, 0.15) is 10.4 Å². The number of para-hydroxylation sites is 2. The topological polar surface area (TPSA) is 69.0 Å². The Labute approximate surface area is 179 Å². The molecule has 1 heterocycles. The zero-order valence-electron chi connectivity index (χ0n) is 15.8. The Kier molecular flexibility index (Phi) is 6.80. The molecule has 4 aromatic rings. The molecule has 1 aromatic heterocycles. The summed E-state index contributed by atoms with van der Waals surface area (Å²) >= 11 is 0. The lowest BCUT2D eigenvalue weighted by molar-refractivity contribution is -0.642. The van der Waals surface area contributed by atoms with Crippen LogP contribution in [0.3, 0.4) is 0 Å². The van der Waals surface area contributed by atoms with Crippen molar-refractivity contribution in [2.45, 2.75) is 6.54 Å². The molecule has 0 unspecified atom stereocenters. The van der Waals surface area contributed by atoms with Crippen molar-refractivity contribution in [3.63, 3.8) is 0 Å². The molecule has 0 atom stereocenters. The van der Waals surface area contributed by atoms with Gasteiger partial charge in [-0.15, -0.1) is 0 Å². The minimum absolute atomic E-state index is 0. The molecular formula is C23H22BrN3O2. The molecule has 0 amide bonds. The summed E-state index contributed by atoms with van der Waals surface area (Å²) in [6.45, 7) is 0.638. The number of ketones is 1. The van der Waals surface area contributed by atoms with Gasteiger partial charge in [0.2, 0.25) is 0 Å². The third-order valence-electron chi connectivity index (χ3n) is 4.74. The number of fused-ring (bicyclic) bond motifs is 1. The molecule has 3 aromatic carbocycles. The highest BCUT2D eigenvalue weighted by molar-refractivity contribution is 5.95. The quantitative estimate of drug-likeness (QED) is 0.281. The van der Waals surface area contributed by atoms with Crippen LogP contribution in [0.15, 0.2) is 78.9 Å². The number of aromatic amines is 1. The number of imidazole rings is 1. The Balaban J connectivity index is 0.00000240. The maximum absolute atomic E-state index is 12.9. The number of carbonyl (C=O) groups is 1. The van der Waals surface area contributed by atoms with Crippen LogP contribution in [0.4, 0.5) is 5.95 Å². The number of benzene rings is 3. The molecule has 6 heteroatoms. The first-order valence-corrected chi connectivity index (χ1v) is 9.30. The van der Waals surface area contributed by atoms with Gasteiger partial charge >= 0.3 is 5.95 Å². The number of rotatable bonds is 7. The molecule has 0 aliphatic rings. The maximum atomic E-state index is 12.9. The second-order valence-corrected chi connectivity index (χ2v) is 6.59. The van der Waals surface area contributed by atoms with Crippen molar-refractivity contribution < 1.29 is 31.4 Å². The molecule has 29 heavy (non-hydrogen) atoms. The van der Waals surface area contributed by atoms with Gasteiger partial charge in [0.1, 0.15) is 17.6 Å². The van der Waals surface area contributed by atoms with Gasteiger partial charge in [-0.1, -0.05) is 66.7 Å². The first-order valence-electron chi connectivity index (χ1n) is 9.30. The maximum Gasteiger partial charge on any atom is 0.356 e. The van der Waals surface area contributed by atoms with Gasteiger partial charge in [0, 0.05) is 5.56 Å². The van der Waals surface area contributed by atoms with E-state index in [0.717, 1.165) is 22.2 Å². The predicted octanol–water partition coefficient (Wildman–Crippen LogP) is 0.413. The fourth-order valence-electron chi connectivity index (χ4n) is 3.32. The smallest absolute Gasteiger partial charge is 0.356 e. The number of Topliss-reactive ketones (excluding diaryl/α,β-unsaturated/α-hetero) is 1. The minimum Gasteiger partial charge on any atom is -1.00 e. The van der Waals surface area contributed by atoms with E-state index in [-0.39, 0.29) is 35.9 Å². The SMILES string of the molecule is O=C(C[n+]1c(NCCO)[nH]c2ccccc21)c1ccc(-c2ccccc2)cc1.[Br-]. The molecule has 3 N–H and O–H groups in total. The fraction of sp³-hybridized carbons (Fsp3) is 0.130. The number of H-pyrrole nitrogens is 1. The second kappa shape index (κ2) is 9.49. The lowest BCUT2D eigenvalue weighted by Crippen LogP contribution is -3.00. The van der Waals surface area contributed by atoms with E-state index in [0.29, 0.717) is 18.1 Å². The monoisotopic (exact) mass is 451 g/mol. The minimum atomic E-state index is 0. The lowest BCUT2D eigenvalue weighted by Gasteiger charge is -2.06. The molecule has 0 fully saturated rings. The van der Waals surface area contributed by atoms with Crippen LogP contribution in [0.2, 0.25) is 0 Å². The zero-order valence-corrected chi connectivity index (χ0v) is 17.4. The number of carbonyl (C=O) groups excluding carboxylic acids is 1. The van der Waals surface area contributed by atoms with Gasteiger partial charge in [-0.3, -0.25) is 10.1 Å². The van der Waals surface area contributed by atoms with E-state index in [9.17, 15) is 4.79 Å². The van der Waals surface area contributed by atoms with Crippen molar-refractivity contribution in [2.75, 3.05) is 18.5 Å². The third kappa shape index (κ3) is 4.55. The van der Waals surface area contributed by atoms with Crippen molar-refractivity contribution in [3.05, 3.63) is 84.4 Å². The summed E-state index contributed by atoms with van der Waals surface area (Å²) < 4.78 is 1.92. The number of nitrogens with one attached hydrogen (secondary N) is 2. The highest BCUT2D eigenvalue weighted by atomic mass is 79.9. The standard InChI is InChI=1S/C23H21N3O2.BrH/c27-15-14-24-23-25-20-8-4-5-9-21(20)26(23)16-22(28)19-12-10-18(11-13-19)17-6-2-1-3-7-17;/h1-13,27H,14-16H2,(H,24,25);1H. The van der Waals surface area contributed by atoms with Gasteiger partial charge in [-0.05, 0) is 23.3 Å². The van der Waals surface area contributed by atoms with Gasteiger partial charge < -0.3 is 22.1 Å². The van der Waals surface area contributed by atoms with E-state index in [1.165, 1.54) is 0 Å². The summed E-state index contributed by atoms with van der Waals surface area (Å²) in [6, 6.07) is 25.6. The number of hydrogen-bond acceptors (Lipinski definition) is 3. The van der Waals surface area contributed by atoms with Gasteiger partial charge in [-0.25, -0.2) is 9.55 Å². The van der Waals surface area contributed by atoms with Crippen molar-refractivity contribution >= 4 is 22.8 Å². The first-order chi connectivity index (χ1) is 13.8. The molecule has 0 saturated carbocycles. The fourth-order valence-corrected chi connectivity index (χ4v) is 3.32. The van der Waals surface area contributed by atoms with Crippen LogP contribution in [0.5, 0.6) is 0 Å². The number of hydrogen-bond donors (Lipinski definition) is 3. The molecule has 148 valence electrons. The molecule has 5 nitrogen and oxygen atoms in total. The van der Waals surface area contributed by atoms with Crippen LogP contribution in [0.25, 0.3) is 22.2 Å². The van der Waals surface area contributed by atoms with E-state index >= 15 is 0 Å². The Hall–Kier alpha value is -2.96. The highest BCUT2D eigenvalue weighted by Crippen LogP contribution is 2.20. The number of halogens is 1. The second-order valence-electron chi connectivity index (χ2n) is 6.59. The average molecular weight is 452 g/mol. The Morgan fingerprint density at radius 2 is 1.55 bits per heavy atom. The number of aliphatic hydroxyl groups excluding tert-OH is 1. The predicted molar refractivity (Wildman–Crippen MR) is 110 cm³/mol. The van der Waals surface area contributed by atoms with E-state index in [1.54, 1.807) is 0 Å². The molecular weight excluding hydrogens is 430 g/mol. The normalized spacial score (nSPS) is 10.5. The first kappa shape index (κ1) is 20.8. The molecule has 0 spiro atoms.